The van der Waals surface area contributed by atoms with Crippen molar-refractivity contribution in [3.8, 4) is 5.75 Å². The lowest BCUT2D eigenvalue weighted by molar-refractivity contribution is -0.147. The number of allylic oxidation sites excluding steroid dienone is 5. The summed E-state index contributed by atoms with van der Waals surface area (Å²) >= 11 is 6.10. The molecule has 0 aliphatic heterocycles. The van der Waals surface area contributed by atoms with Crippen molar-refractivity contribution in [2.75, 3.05) is 0 Å². The molecular weight excluding hydrogens is 490 g/mol. The number of carbonyl (C=O) groups is 3. The maximum atomic E-state index is 13.6. The average molecular weight is 512 g/mol. The summed E-state index contributed by atoms with van der Waals surface area (Å²) in [6.07, 6.45) is 4.80. The van der Waals surface area contributed by atoms with Crippen LogP contribution in [0.3, 0.4) is 0 Å². The van der Waals surface area contributed by atoms with Gasteiger partial charge < -0.3 is 31.3 Å². The van der Waals surface area contributed by atoms with Crippen molar-refractivity contribution < 1.29 is 39.9 Å². The van der Waals surface area contributed by atoms with E-state index in [0.29, 0.717) is 28.2 Å². The Morgan fingerprint density at radius 1 is 1.08 bits per heavy atom. The van der Waals surface area contributed by atoms with Crippen LogP contribution in [0.2, 0.25) is 0 Å². The van der Waals surface area contributed by atoms with Crippen LogP contribution in [-0.4, -0.2) is 48.6 Å². The van der Waals surface area contributed by atoms with Gasteiger partial charge in [0.05, 0.1) is 5.56 Å². The molecule has 4 aliphatic rings. The quantitative estimate of drug-likeness (QED) is 0.328. The summed E-state index contributed by atoms with van der Waals surface area (Å²) in [4.78, 5) is 37.8. The zero-order valence-electron chi connectivity index (χ0n) is 18.8. The predicted molar refractivity (Wildman–Crippen MR) is 129 cm³/mol. The van der Waals surface area contributed by atoms with E-state index >= 15 is 0 Å². The maximum absolute atomic E-state index is 13.6. The lowest BCUT2D eigenvalue weighted by Crippen LogP contribution is -2.58. The molecule has 1 saturated carbocycles. The fourth-order valence-corrected chi connectivity index (χ4v) is 5.89. The number of fused-ring (bicyclic) bond motifs is 3. The van der Waals surface area contributed by atoms with Crippen LogP contribution in [0.4, 0.5) is 0 Å². The minimum absolute atomic E-state index is 0.0201. The summed E-state index contributed by atoms with van der Waals surface area (Å²) in [5, 5.41) is 54.9. The zero-order chi connectivity index (χ0) is 26.1. The average Bonchev–Trinajstić information content (AvgIpc) is 2.97. The number of aromatic hydroxyl groups is 1. The van der Waals surface area contributed by atoms with Gasteiger partial charge in [-0.3, -0.25) is 14.4 Å². The number of primary amides is 1. The number of phenols is 1. The SMILES string of the molecule is NC(=O)C1=C(O)[C@@]2(O)C(=O)C3=C(O)c4c(O)ccc(C5=CCC(Cl)=CC=C5O)c4C[C@H]3C[C@H]2CC1=O. The van der Waals surface area contributed by atoms with E-state index in [1.807, 2.05) is 0 Å². The van der Waals surface area contributed by atoms with Gasteiger partial charge in [0.1, 0.15) is 28.6 Å². The number of aliphatic hydroxyl groups excluding tert-OH is 3. The zero-order valence-corrected chi connectivity index (χ0v) is 19.5. The molecule has 0 unspecified atom stereocenters. The molecule has 0 aromatic heterocycles. The van der Waals surface area contributed by atoms with Crippen LogP contribution in [0.15, 0.2) is 58.1 Å². The van der Waals surface area contributed by atoms with Gasteiger partial charge in [0.25, 0.3) is 5.91 Å². The molecule has 0 bridgehead atoms. The van der Waals surface area contributed by atoms with Crippen LogP contribution in [-0.2, 0) is 20.8 Å². The summed E-state index contributed by atoms with van der Waals surface area (Å²) in [5.74, 6) is -6.96. The number of hydrogen-bond acceptors (Lipinski definition) is 8. The summed E-state index contributed by atoms with van der Waals surface area (Å²) in [6.45, 7) is 0. The molecule has 3 atom stereocenters. The third-order valence-electron chi connectivity index (χ3n) is 7.44. The second-order valence-electron chi connectivity index (χ2n) is 9.38. The number of aliphatic hydroxyl groups is 4. The molecule has 10 heteroatoms. The molecule has 1 aromatic rings. The van der Waals surface area contributed by atoms with E-state index in [1.165, 1.54) is 12.1 Å². The molecular formula is C26H22ClNO8. The summed E-state index contributed by atoms with van der Waals surface area (Å²) in [7, 11) is 0. The highest BCUT2D eigenvalue weighted by Gasteiger charge is 2.60. The van der Waals surface area contributed by atoms with Crippen molar-refractivity contribution in [3.05, 3.63) is 74.7 Å². The highest BCUT2D eigenvalue weighted by molar-refractivity contribution is 6.30. The highest BCUT2D eigenvalue weighted by atomic mass is 35.5. The fraction of sp³-hybridized carbons (Fsp3) is 0.269. The van der Waals surface area contributed by atoms with E-state index in [2.05, 4.69) is 0 Å². The van der Waals surface area contributed by atoms with Crippen LogP contribution in [0.1, 0.15) is 36.0 Å². The van der Waals surface area contributed by atoms with Gasteiger partial charge in [-0.25, -0.2) is 0 Å². The van der Waals surface area contributed by atoms with Crippen LogP contribution in [0.5, 0.6) is 5.75 Å². The number of benzene rings is 1. The molecule has 0 radical (unpaired) electrons. The molecule has 5 rings (SSSR count). The van der Waals surface area contributed by atoms with Crippen molar-refractivity contribution in [2.45, 2.75) is 31.3 Å². The molecule has 0 saturated heterocycles. The van der Waals surface area contributed by atoms with E-state index in [4.69, 9.17) is 17.3 Å². The Hall–Kier alpha value is -3.82. The van der Waals surface area contributed by atoms with Gasteiger partial charge >= 0.3 is 0 Å². The van der Waals surface area contributed by atoms with E-state index in [1.54, 1.807) is 18.2 Å². The highest BCUT2D eigenvalue weighted by Crippen LogP contribution is 2.53. The smallest absolute Gasteiger partial charge is 0.255 e. The molecule has 186 valence electrons. The van der Waals surface area contributed by atoms with Crippen LogP contribution in [0, 0.1) is 11.8 Å². The predicted octanol–water partition coefficient (Wildman–Crippen LogP) is 2.78. The molecule has 36 heavy (non-hydrogen) atoms. The van der Waals surface area contributed by atoms with Crippen molar-refractivity contribution in [2.24, 2.45) is 17.6 Å². The lowest BCUT2D eigenvalue weighted by Gasteiger charge is -2.46. The molecule has 1 amide bonds. The Balaban J connectivity index is 1.69. The maximum Gasteiger partial charge on any atom is 0.255 e. The number of phenolic OH excluding ortho intramolecular Hbond substituents is 1. The van der Waals surface area contributed by atoms with Gasteiger partial charge in [-0.2, -0.15) is 0 Å². The number of carbonyl (C=O) groups excluding carboxylic acids is 3. The molecule has 9 nitrogen and oxygen atoms in total. The molecule has 7 N–H and O–H groups in total. The normalized spacial score (nSPS) is 27.9. The Morgan fingerprint density at radius 2 is 1.81 bits per heavy atom. The number of halogens is 1. The van der Waals surface area contributed by atoms with Gasteiger partial charge in [-0.05, 0) is 48.1 Å². The summed E-state index contributed by atoms with van der Waals surface area (Å²) < 4.78 is 0. The Kier molecular flexibility index (Phi) is 5.38. The third-order valence-corrected chi connectivity index (χ3v) is 7.72. The standard InChI is InChI=1S/C26H22ClNO8/c27-12-1-3-14(16(29)5-2-12)13-4-6-17(30)20-15(13)8-10-7-11-9-18(31)21(25(28)35)24(34)26(11,36)23(33)19(10)22(20)32/h2-6,10-11,29-30,32,34,36H,1,7-9H2,(H2,28,35)/t10-,11+,26+/m1/s1. The number of amides is 1. The Bertz CT molecular complexity index is 1430. The Morgan fingerprint density at radius 3 is 2.50 bits per heavy atom. The van der Waals surface area contributed by atoms with E-state index in [9.17, 15) is 39.9 Å². The first kappa shape index (κ1) is 23.9. The van der Waals surface area contributed by atoms with Gasteiger partial charge in [0.2, 0.25) is 5.78 Å². The first-order valence-corrected chi connectivity index (χ1v) is 11.6. The second kappa shape index (κ2) is 8.11. The summed E-state index contributed by atoms with van der Waals surface area (Å²) in [6, 6.07) is 2.90. The molecule has 1 fully saturated rings. The van der Waals surface area contributed by atoms with Gasteiger partial charge in [-0.1, -0.05) is 23.7 Å². The Labute approximate surface area is 209 Å². The van der Waals surface area contributed by atoms with Gasteiger partial charge in [-0.15, -0.1) is 0 Å². The second-order valence-corrected chi connectivity index (χ2v) is 9.87. The number of ketones is 2. The van der Waals surface area contributed by atoms with Crippen LogP contribution < -0.4 is 5.73 Å². The van der Waals surface area contributed by atoms with E-state index in [-0.39, 0.29) is 35.5 Å². The summed E-state index contributed by atoms with van der Waals surface area (Å²) in [5.41, 5.74) is 2.87. The number of nitrogens with two attached hydrogens (primary N) is 1. The number of hydrogen-bond donors (Lipinski definition) is 6. The van der Waals surface area contributed by atoms with Crippen molar-refractivity contribution in [1.29, 1.82) is 0 Å². The molecule has 0 spiro atoms. The minimum atomic E-state index is -2.62. The number of Topliss-reactive ketones (excluding diaryl/α,β-unsaturated/α-hetero) is 2. The van der Waals surface area contributed by atoms with Crippen molar-refractivity contribution in [3.63, 3.8) is 0 Å². The van der Waals surface area contributed by atoms with E-state index < -0.39 is 58.4 Å². The van der Waals surface area contributed by atoms with E-state index in [0.717, 1.165) is 0 Å². The third kappa shape index (κ3) is 3.23. The first-order chi connectivity index (χ1) is 17.0. The van der Waals surface area contributed by atoms with Crippen molar-refractivity contribution in [1.82, 2.24) is 0 Å². The molecule has 0 heterocycles. The van der Waals surface area contributed by atoms with Gasteiger partial charge in [0.15, 0.2) is 11.4 Å². The first-order valence-electron chi connectivity index (χ1n) is 11.2. The minimum Gasteiger partial charge on any atom is -0.508 e. The molecule has 1 aromatic carbocycles. The monoisotopic (exact) mass is 511 g/mol. The lowest BCUT2D eigenvalue weighted by atomic mass is 9.59. The largest absolute Gasteiger partial charge is 0.508 e. The fourth-order valence-electron chi connectivity index (χ4n) is 5.75. The molecule has 4 aliphatic carbocycles. The van der Waals surface area contributed by atoms with Crippen LogP contribution >= 0.6 is 11.6 Å². The van der Waals surface area contributed by atoms with Crippen LogP contribution in [0.25, 0.3) is 11.3 Å². The van der Waals surface area contributed by atoms with Gasteiger partial charge in [0, 0.05) is 34.9 Å². The van der Waals surface area contributed by atoms with Crippen molar-refractivity contribution >= 4 is 40.4 Å². The number of rotatable bonds is 2. The topological polar surface area (TPSA) is 178 Å².